The fourth-order valence-corrected chi connectivity index (χ4v) is 4.47. The number of esters is 1. The zero-order valence-corrected chi connectivity index (χ0v) is 22.6. The van der Waals surface area contributed by atoms with Gasteiger partial charge in [0.25, 0.3) is 0 Å². The molecule has 2 aromatic carbocycles. The van der Waals surface area contributed by atoms with E-state index in [4.69, 9.17) is 14.3 Å². The summed E-state index contributed by atoms with van der Waals surface area (Å²) in [5, 5.41) is 17.6. The van der Waals surface area contributed by atoms with Crippen LogP contribution in [0, 0.1) is 0 Å². The minimum Gasteiger partial charge on any atom is -0.476 e. The maximum absolute atomic E-state index is 13.4. The number of ether oxygens (including phenoxy) is 2. The zero-order valence-electron chi connectivity index (χ0n) is 21.7. The Labute approximate surface area is 229 Å². The molecule has 11 heteroatoms. The Morgan fingerprint density at radius 2 is 1.62 bits per heavy atom. The first-order valence-corrected chi connectivity index (χ1v) is 13.2. The van der Waals surface area contributed by atoms with E-state index in [0.717, 1.165) is 22.5 Å². The number of amides is 1. The number of nitrogens with zero attached hydrogens (tertiary/aromatic N) is 2. The lowest BCUT2D eigenvalue weighted by Crippen LogP contribution is -2.48. The molecule has 39 heavy (non-hydrogen) atoms. The smallest absolute Gasteiger partial charge is 0.413 e. The Morgan fingerprint density at radius 3 is 2.10 bits per heavy atom. The summed E-state index contributed by atoms with van der Waals surface area (Å²) >= 11 is 0.998. The molecule has 0 aliphatic heterocycles. The number of benzene rings is 2. The summed E-state index contributed by atoms with van der Waals surface area (Å²) in [6.45, 7) is 5.15. The van der Waals surface area contributed by atoms with E-state index >= 15 is 0 Å². The van der Waals surface area contributed by atoms with Gasteiger partial charge in [0.2, 0.25) is 11.3 Å². The van der Waals surface area contributed by atoms with E-state index in [9.17, 15) is 19.5 Å². The lowest BCUT2D eigenvalue weighted by atomic mass is 9.80. The van der Waals surface area contributed by atoms with Crippen molar-refractivity contribution in [3.63, 3.8) is 0 Å². The fraction of sp³-hybridized carbons (Fsp3) is 0.321. The number of oxime groups is 1. The molecule has 0 bridgehead atoms. The van der Waals surface area contributed by atoms with Gasteiger partial charge in [-0.2, -0.15) is 0 Å². The lowest BCUT2D eigenvalue weighted by molar-refractivity contribution is -0.189. The number of carbonyl (C=O) groups excluding carboxylic acids is 2. The molecular formula is C28H29N3O7S. The summed E-state index contributed by atoms with van der Waals surface area (Å²) in [5.41, 5.74) is -1.10. The molecule has 10 nitrogen and oxygen atoms in total. The lowest BCUT2D eigenvalue weighted by Gasteiger charge is -2.37. The van der Waals surface area contributed by atoms with E-state index in [-0.39, 0.29) is 10.8 Å². The van der Waals surface area contributed by atoms with Crippen molar-refractivity contribution < 1.29 is 33.8 Å². The first-order valence-electron chi connectivity index (χ1n) is 12.3. The van der Waals surface area contributed by atoms with Gasteiger partial charge < -0.3 is 19.4 Å². The number of hydrogen-bond acceptors (Lipinski definition) is 9. The van der Waals surface area contributed by atoms with Crippen molar-refractivity contribution in [3.05, 3.63) is 82.9 Å². The molecule has 1 heterocycles. The minimum absolute atomic E-state index is 0.0344. The van der Waals surface area contributed by atoms with Crippen molar-refractivity contribution in [2.45, 2.75) is 57.3 Å². The molecule has 0 unspecified atom stereocenters. The van der Waals surface area contributed by atoms with Crippen LogP contribution < -0.4 is 5.32 Å². The topological polar surface area (TPSA) is 136 Å². The molecule has 0 radical (unpaired) electrons. The van der Waals surface area contributed by atoms with Crippen LogP contribution in [-0.4, -0.2) is 45.0 Å². The van der Waals surface area contributed by atoms with Gasteiger partial charge in [-0.25, -0.2) is 19.4 Å². The largest absolute Gasteiger partial charge is 0.476 e. The minimum atomic E-state index is -1.42. The maximum Gasteiger partial charge on any atom is 0.413 e. The summed E-state index contributed by atoms with van der Waals surface area (Å²) in [4.78, 5) is 47.2. The van der Waals surface area contributed by atoms with Crippen LogP contribution in [0.5, 0.6) is 0 Å². The SMILES string of the molecule is CC(C)(C)OC(=O)Nc1nc(/C(=N/OC2(C(=O)OC(c3ccccc3)c3ccccc3)CCC2)C(=O)O)cs1. The summed E-state index contributed by atoms with van der Waals surface area (Å²) in [5.74, 6) is -2.04. The number of carboxylic acids is 1. The summed E-state index contributed by atoms with van der Waals surface area (Å²) < 4.78 is 11.1. The second-order valence-electron chi connectivity index (χ2n) is 9.96. The van der Waals surface area contributed by atoms with Crippen molar-refractivity contribution in [2.75, 3.05) is 5.32 Å². The number of aromatic nitrogens is 1. The van der Waals surface area contributed by atoms with Crippen molar-refractivity contribution in [3.8, 4) is 0 Å². The van der Waals surface area contributed by atoms with E-state index in [0.29, 0.717) is 19.3 Å². The quantitative estimate of drug-likeness (QED) is 0.201. The van der Waals surface area contributed by atoms with Gasteiger partial charge in [0.15, 0.2) is 11.2 Å². The molecule has 1 saturated carbocycles. The Bertz CT molecular complexity index is 1310. The van der Waals surface area contributed by atoms with E-state index < -0.39 is 41.0 Å². The number of thiazole rings is 1. The molecule has 2 N–H and O–H groups in total. The number of carbonyl (C=O) groups is 3. The Morgan fingerprint density at radius 1 is 1.03 bits per heavy atom. The molecule has 204 valence electrons. The highest BCUT2D eigenvalue weighted by molar-refractivity contribution is 7.14. The molecule has 1 aliphatic carbocycles. The van der Waals surface area contributed by atoms with Crippen LogP contribution in [0.1, 0.15) is 63.0 Å². The third-order valence-corrected chi connectivity index (χ3v) is 6.59. The van der Waals surface area contributed by atoms with E-state index in [1.807, 2.05) is 60.7 Å². The fourth-order valence-electron chi connectivity index (χ4n) is 3.79. The van der Waals surface area contributed by atoms with Gasteiger partial charge >= 0.3 is 18.0 Å². The molecule has 0 saturated heterocycles. The molecule has 1 fully saturated rings. The second-order valence-corrected chi connectivity index (χ2v) is 10.8. The molecular weight excluding hydrogens is 522 g/mol. The predicted octanol–water partition coefficient (Wildman–Crippen LogP) is 5.55. The van der Waals surface area contributed by atoms with Crippen LogP contribution in [0.25, 0.3) is 0 Å². The number of aliphatic carboxylic acids is 1. The number of nitrogens with one attached hydrogen (secondary N) is 1. The Kier molecular flexibility index (Phi) is 8.29. The summed E-state index contributed by atoms with van der Waals surface area (Å²) in [6.07, 6.45) is -0.0724. The highest BCUT2D eigenvalue weighted by Gasteiger charge is 2.50. The summed E-state index contributed by atoms with van der Waals surface area (Å²) in [6, 6.07) is 18.6. The van der Waals surface area contributed by atoms with Crippen molar-refractivity contribution in [2.24, 2.45) is 5.16 Å². The summed E-state index contributed by atoms with van der Waals surface area (Å²) in [7, 11) is 0. The zero-order chi connectivity index (χ0) is 28.0. The molecule has 1 amide bonds. The van der Waals surface area contributed by atoms with E-state index in [1.54, 1.807) is 20.8 Å². The Balaban J connectivity index is 1.52. The monoisotopic (exact) mass is 551 g/mol. The van der Waals surface area contributed by atoms with Gasteiger partial charge in [0.05, 0.1) is 0 Å². The van der Waals surface area contributed by atoms with Gasteiger partial charge in [0, 0.05) is 18.2 Å². The molecule has 0 atom stereocenters. The maximum atomic E-state index is 13.4. The average Bonchev–Trinajstić information content (AvgIpc) is 3.31. The highest BCUT2D eigenvalue weighted by Crippen LogP contribution is 2.39. The van der Waals surface area contributed by atoms with Gasteiger partial charge in [-0.05, 0) is 38.3 Å². The highest BCUT2D eigenvalue weighted by atomic mass is 32.1. The average molecular weight is 552 g/mol. The van der Waals surface area contributed by atoms with Crippen molar-refractivity contribution in [1.29, 1.82) is 0 Å². The van der Waals surface area contributed by atoms with Crippen LogP contribution in [0.4, 0.5) is 9.93 Å². The van der Waals surface area contributed by atoms with E-state index in [2.05, 4.69) is 15.5 Å². The molecule has 1 aliphatic rings. The first-order chi connectivity index (χ1) is 18.6. The first kappa shape index (κ1) is 27.8. The predicted molar refractivity (Wildman–Crippen MR) is 145 cm³/mol. The molecule has 4 rings (SSSR count). The molecule has 3 aromatic rings. The van der Waals surface area contributed by atoms with Gasteiger partial charge in [0.1, 0.15) is 11.3 Å². The van der Waals surface area contributed by atoms with Gasteiger partial charge in [-0.1, -0.05) is 65.8 Å². The number of rotatable bonds is 9. The van der Waals surface area contributed by atoms with Gasteiger partial charge in [-0.3, -0.25) is 5.32 Å². The third kappa shape index (κ3) is 6.99. The van der Waals surface area contributed by atoms with Crippen LogP contribution in [0.2, 0.25) is 0 Å². The van der Waals surface area contributed by atoms with E-state index in [1.165, 1.54) is 5.38 Å². The Hall–Kier alpha value is -4.25. The molecule has 1 aromatic heterocycles. The normalized spacial score (nSPS) is 14.7. The molecule has 0 spiro atoms. The van der Waals surface area contributed by atoms with Crippen LogP contribution in [-0.2, 0) is 23.9 Å². The van der Waals surface area contributed by atoms with Crippen LogP contribution >= 0.6 is 11.3 Å². The van der Waals surface area contributed by atoms with Crippen molar-refractivity contribution in [1.82, 2.24) is 4.98 Å². The second kappa shape index (κ2) is 11.6. The number of hydrogen-bond donors (Lipinski definition) is 2. The number of anilines is 1. The van der Waals surface area contributed by atoms with Crippen molar-refractivity contribution >= 4 is 40.2 Å². The standard InChI is InChI=1S/C28H29N3O7S/c1-27(2,3)37-26(35)30-25-29-20(17-39-25)21(23(32)33)31-38-28(15-10-16-28)24(34)36-22(18-11-6-4-7-12-18)19-13-8-5-9-14-19/h4-9,11-14,17,22H,10,15-16H2,1-3H3,(H,32,33)(H,29,30,35)/b31-21-. The van der Waals surface area contributed by atoms with Crippen LogP contribution in [0.3, 0.4) is 0 Å². The number of carboxylic acid groups (broad SMARTS) is 1. The third-order valence-electron chi connectivity index (χ3n) is 5.83. The van der Waals surface area contributed by atoms with Crippen LogP contribution in [0.15, 0.2) is 71.2 Å². The van der Waals surface area contributed by atoms with Gasteiger partial charge in [-0.15, -0.1) is 11.3 Å².